The molecular weight excluding hydrogens is 516 g/mol. The van der Waals surface area contributed by atoms with Crippen LogP contribution in [0.5, 0.6) is 17.2 Å². The topological polar surface area (TPSA) is 166 Å². The van der Waals surface area contributed by atoms with Gasteiger partial charge in [-0.15, -0.1) is 0 Å². The third-order valence-electron chi connectivity index (χ3n) is 8.20. The molecule has 4 aliphatic rings. The molecular formula is C26H26N2O11. The molecule has 1 aromatic rings. The molecule has 5 rings (SSSR count). The maximum atomic E-state index is 13.7. The number of aromatic hydroxyl groups is 1. The Morgan fingerprint density at radius 1 is 0.769 bits per heavy atom. The molecule has 3 fully saturated rings. The van der Waals surface area contributed by atoms with Crippen molar-refractivity contribution in [2.75, 3.05) is 28.4 Å². The Kier molecular flexibility index (Phi) is 6.31. The Bertz CT molecular complexity index is 1330. The van der Waals surface area contributed by atoms with Gasteiger partial charge >= 0.3 is 12.2 Å². The lowest BCUT2D eigenvalue weighted by molar-refractivity contribution is -0.139. The quantitative estimate of drug-likeness (QED) is 0.435. The molecule has 0 aromatic heterocycles. The second-order valence-corrected chi connectivity index (χ2v) is 9.75. The van der Waals surface area contributed by atoms with Gasteiger partial charge in [-0.3, -0.25) is 19.2 Å². The number of methoxy groups -OCH3 is 4. The normalized spacial score (nSPS) is 29.4. The summed E-state index contributed by atoms with van der Waals surface area (Å²) in [5.74, 6) is -8.57. The number of imide groups is 6. The van der Waals surface area contributed by atoms with E-state index in [4.69, 9.17) is 14.2 Å². The summed E-state index contributed by atoms with van der Waals surface area (Å²) in [4.78, 5) is 79.3. The van der Waals surface area contributed by atoms with Crippen molar-refractivity contribution in [1.29, 1.82) is 0 Å². The number of allylic oxidation sites excluding steroid dienone is 2. The maximum Gasteiger partial charge on any atom is 0.423 e. The van der Waals surface area contributed by atoms with Crippen molar-refractivity contribution >= 4 is 35.8 Å². The lowest BCUT2D eigenvalue weighted by Crippen LogP contribution is -2.43. The number of fused-ring (bicyclic) bond motifs is 4. The van der Waals surface area contributed by atoms with Gasteiger partial charge in [0.05, 0.1) is 52.1 Å². The minimum absolute atomic E-state index is 0.0248. The standard InChI is InChI=1S/C26H26N2O11/c1-36-15-7-10(29)8-16(37-2)20(15)18-11-5-6-12-17(23(32)27(21(12)30)25(34)38-3)13(11)9-14-19(18)24(33)28(22(14)31)26(35)39-4/h5,7-8,12-14,17-19,29H,6,9H2,1-4H3/t12-,13+,14+,17-,18-,19+/m0/s1. The lowest BCUT2D eigenvalue weighted by atomic mass is 9.57. The van der Waals surface area contributed by atoms with Crippen LogP contribution in [0.2, 0.25) is 0 Å². The first kappa shape index (κ1) is 26.2. The monoisotopic (exact) mass is 542 g/mol. The third kappa shape index (κ3) is 3.59. The van der Waals surface area contributed by atoms with Gasteiger partial charge in [-0.1, -0.05) is 11.6 Å². The zero-order chi connectivity index (χ0) is 28.3. The van der Waals surface area contributed by atoms with Crippen LogP contribution < -0.4 is 9.47 Å². The molecule has 6 atom stereocenters. The van der Waals surface area contributed by atoms with Gasteiger partial charge in [0.25, 0.3) is 0 Å². The molecule has 0 spiro atoms. The van der Waals surface area contributed by atoms with Gasteiger partial charge in [0.15, 0.2) is 0 Å². The highest BCUT2D eigenvalue weighted by Gasteiger charge is 2.64. The van der Waals surface area contributed by atoms with E-state index < -0.39 is 71.3 Å². The van der Waals surface area contributed by atoms with E-state index in [9.17, 15) is 33.9 Å². The second kappa shape index (κ2) is 9.40. The Hall–Kier alpha value is -4.42. The van der Waals surface area contributed by atoms with E-state index in [-0.39, 0.29) is 30.1 Å². The molecule has 206 valence electrons. The predicted octanol–water partition coefficient (Wildman–Crippen LogP) is 1.58. The van der Waals surface area contributed by atoms with Crippen molar-refractivity contribution in [3.63, 3.8) is 0 Å². The van der Waals surface area contributed by atoms with Gasteiger partial charge in [0.2, 0.25) is 23.6 Å². The van der Waals surface area contributed by atoms with E-state index in [1.165, 1.54) is 26.4 Å². The summed E-state index contributed by atoms with van der Waals surface area (Å²) < 4.78 is 20.4. The fourth-order valence-electron chi connectivity index (χ4n) is 6.68. The van der Waals surface area contributed by atoms with Crippen molar-refractivity contribution in [2.24, 2.45) is 29.6 Å². The fraction of sp³-hybridized carbons (Fsp3) is 0.462. The van der Waals surface area contributed by atoms with Crippen LogP contribution in [0.3, 0.4) is 0 Å². The molecule has 6 amide bonds. The molecule has 2 aliphatic heterocycles. The van der Waals surface area contributed by atoms with Gasteiger partial charge < -0.3 is 24.1 Å². The molecule has 13 nitrogen and oxygen atoms in total. The number of ether oxygens (including phenoxy) is 4. The molecule has 1 aromatic carbocycles. The minimum Gasteiger partial charge on any atom is -0.508 e. The van der Waals surface area contributed by atoms with E-state index >= 15 is 0 Å². The number of phenols is 1. The Balaban J connectivity index is 1.71. The van der Waals surface area contributed by atoms with E-state index in [0.717, 1.165) is 14.2 Å². The van der Waals surface area contributed by atoms with Gasteiger partial charge in [-0.25, -0.2) is 9.59 Å². The SMILES string of the molecule is COC(=O)N1C(=O)[C@H]2[C@H](CC=C3[C@H]2C[C@H]2C(=O)N(C(=O)OC)C(=O)[C@H]2[C@H]3c2c(OC)cc(O)cc2OC)C1=O. The van der Waals surface area contributed by atoms with Gasteiger partial charge in [-0.2, -0.15) is 9.80 Å². The number of hydrogen-bond acceptors (Lipinski definition) is 11. The highest BCUT2D eigenvalue weighted by atomic mass is 16.6. The van der Waals surface area contributed by atoms with Gasteiger partial charge in [-0.05, 0) is 18.8 Å². The summed E-state index contributed by atoms with van der Waals surface area (Å²) in [7, 11) is 4.82. The average molecular weight is 542 g/mol. The number of likely N-dealkylation sites (tertiary alicyclic amines) is 2. The van der Waals surface area contributed by atoms with Crippen molar-refractivity contribution in [3.05, 3.63) is 29.3 Å². The van der Waals surface area contributed by atoms with Gasteiger partial charge in [0, 0.05) is 23.6 Å². The van der Waals surface area contributed by atoms with Crippen molar-refractivity contribution in [1.82, 2.24) is 9.80 Å². The molecule has 2 saturated heterocycles. The van der Waals surface area contributed by atoms with E-state index in [1.807, 2.05) is 0 Å². The highest BCUT2D eigenvalue weighted by Crippen LogP contribution is 2.60. The summed E-state index contributed by atoms with van der Waals surface area (Å²) in [5.41, 5.74) is 0.900. The van der Waals surface area contributed by atoms with Crippen LogP contribution in [-0.4, -0.2) is 79.2 Å². The molecule has 39 heavy (non-hydrogen) atoms. The number of carbonyl (C=O) groups excluding carboxylic acids is 6. The molecule has 1 saturated carbocycles. The summed E-state index contributed by atoms with van der Waals surface area (Å²) in [6, 6.07) is 2.65. The van der Waals surface area contributed by atoms with Crippen LogP contribution in [0.1, 0.15) is 24.3 Å². The number of amides is 6. The van der Waals surface area contributed by atoms with Crippen LogP contribution in [-0.2, 0) is 28.7 Å². The summed E-state index contributed by atoms with van der Waals surface area (Å²) >= 11 is 0. The van der Waals surface area contributed by atoms with Crippen LogP contribution in [0.4, 0.5) is 9.59 Å². The zero-order valence-corrected chi connectivity index (χ0v) is 21.5. The Labute approximate surface area is 222 Å². The maximum absolute atomic E-state index is 13.7. The smallest absolute Gasteiger partial charge is 0.423 e. The fourth-order valence-corrected chi connectivity index (χ4v) is 6.68. The first-order valence-corrected chi connectivity index (χ1v) is 12.2. The number of rotatable bonds is 3. The first-order chi connectivity index (χ1) is 18.6. The van der Waals surface area contributed by atoms with Gasteiger partial charge in [0.1, 0.15) is 17.2 Å². The second-order valence-electron chi connectivity index (χ2n) is 9.75. The Morgan fingerprint density at radius 3 is 1.79 bits per heavy atom. The average Bonchev–Trinajstić information content (AvgIpc) is 3.34. The summed E-state index contributed by atoms with van der Waals surface area (Å²) in [6.45, 7) is 0. The third-order valence-corrected chi connectivity index (χ3v) is 8.20. The Morgan fingerprint density at radius 2 is 1.28 bits per heavy atom. The van der Waals surface area contributed by atoms with Crippen molar-refractivity contribution < 1.29 is 52.8 Å². The van der Waals surface area contributed by atoms with E-state index in [1.54, 1.807) is 6.08 Å². The van der Waals surface area contributed by atoms with Crippen LogP contribution in [0.15, 0.2) is 23.8 Å². The van der Waals surface area contributed by atoms with Crippen LogP contribution in [0.25, 0.3) is 0 Å². The molecule has 0 bridgehead atoms. The van der Waals surface area contributed by atoms with Crippen LogP contribution in [0, 0.1) is 29.6 Å². The summed E-state index contributed by atoms with van der Waals surface area (Å²) in [5, 5.41) is 10.2. The number of nitrogens with zero attached hydrogens (tertiary/aromatic N) is 2. The number of hydrogen-bond donors (Lipinski definition) is 1. The number of carbonyl (C=O) groups is 6. The molecule has 0 radical (unpaired) electrons. The van der Waals surface area contributed by atoms with Crippen molar-refractivity contribution in [2.45, 2.75) is 18.8 Å². The van der Waals surface area contributed by atoms with Crippen molar-refractivity contribution in [3.8, 4) is 17.2 Å². The zero-order valence-electron chi connectivity index (χ0n) is 21.5. The lowest BCUT2D eigenvalue weighted by Gasteiger charge is -2.44. The molecule has 2 aliphatic carbocycles. The first-order valence-electron chi connectivity index (χ1n) is 12.2. The van der Waals surface area contributed by atoms with E-state index in [2.05, 4.69) is 4.74 Å². The molecule has 1 N–H and O–H groups in total. The number of benzene rings is 1. The predicted molar refractivity (Wildman–Crippen MR) is 127 cm³/mol. The molecule has 13 heteroatoms. The summed E-state index contributed by atoms with van der Waals surface area (Å²) in [6.07, 6.45) is -0.432. The molecule has 2 heterocycles. The van der Waals surface area contributed by atoms with Crippen LogP contribution >= 0.6 is 0 Å². The van der Waals surface area contributed by atoms with E-state index in [0.29, 0.717) is 20.9 Å². The molecule has 0 unspecified atom stereocenters. The largest absolute Gasteiger partial charge is 0.508 e. The number of phenolic OH excluding ortho intramolecular Hbond substituents is 1. The minimum atomic E-state index is -1.14. The highest BCUT2D eigenvalue weighted by molar-refractivity contribution is 6.17.